The lowest BCUT2D eigenvalue weighted by Crippen LogP contribution is -2.15. The molecule has 2 aromatic heterocycles. The summed E-state index contributed by atoms with van der Waals surface area (Å²) in [5.41, 5.74) is 13.3. The zero-order valence-corrected chi connectivity index (χ0v) is 20.5. The molecule has 6 nitrogen and oxygen atoms in total. The van der Waals surface area contributed by atoms with Gasteiger partial charge in [-0.25, -0.2) is 9.50 Å². The number of anilines is 1. The lowest BCUT2D eigenvalue weighted by atomic mass is 10.1. The molecule has 0 radical (unpaired) electrons. The van der Waals surface area contributed by atoms with Gasteiger partial charge in [0.1, 0.15) is 5.75 Å². The Morgan fingerprint density at radius 3 is 2.31 bits per heavy atom. The van der Waals surface area contributed by atoms with E-state index in [9.17, 15) is 0 Å². The number of rotatable bonds is 10. The van der Waals surface area contributed by atoms with E-state index in [-0.39, 0.29) is 0 Å². The minimum absolute atomic E-state index is 0.702. The molecule has 0 aliphatic heterocycles. The smallest absolute Gasteiger partial charge is 0.156 e. The summed E-state index contributed by atoms with van der Waals surface area (Å²) in [4.78, 5) is 4.76. The van der Waals surface area contributed by atoms with E-state index in [4.69, 9.17) is 20.6 Å². The largest absolute Gasteiger partial charge is 0.497 e. The maximum atomic E-state index is 5.74. The summed E-state index contributed by atoms with van der Waals surface area (Å²) in [5.74, 6) is 1.65. The van der Waals surface area contributed by atoms with Crippen molar-refractivity contribution in [2.24, 2.45) is 0 Å². The average Bonchev–Trinajstić information content (AvgIpc) is 3.33. The van der Waals surface area contributed by atoms with Crippen molar-refractivity contribution in [3.05, 3.63) is 114 Å². The van der Waals surface area contributed by atoms with Crippen LogP contribution in [0, 0.1) is 0 Å². The van der Waals surface area contributed by atoms with Crippen LogP contribution >= 0.6 is 0 Å². The van der Waals surface area contributed by atoms with Crippen molar-refractivity contribution < 1.29 is 4.74 Å². The van der Waals surface area contributed by atoms with Crippen molar-refractivity contribution in [1.29, 1.82) is 0 Å². The van der Waals surface area contributed by atoms with Crippen LogP contribution in [0.1, 0.15) is 28.9 Å². The zero-order valence-electron chi connectivity index (χ0n) is 20.5. The minimum atomic E-state index is 0.702. The van der Waals surface area contributed by atoms with E-state index >= 15 is 0 Å². The zero-order chi connectivity index (χ0) is 24.7. The van der Waals surface area contributed by atoms with Gasteiger partial charge in [-0.05, 0) is 84.6 Å². The van der Waals surface area contributed by atoms with Gasteiger partial charge in [0.2, 0.25) is 0 Å². The normalized spacial score (nSPS) is 11.1. The van der Waals surface area contributed by atoms with Crippen LogP contribution in [-0.2, 0) is 19.4 Å². The Labute approximate surface area is 211 Å². The molecule has 0 bridgehead atoms. The number of nitrogens with two attached hydrogens (primary N) is 1. The molecule has 0 spiro atoms. The van der Waals surface area contributed by atoms with Gasteiger partial charge in [0, 0.05) is 24.2 Å². The molecule has 2 heterocycles. The molecule has 5 aromatic rings. The fourth-order valence-electron chi connectivity index (χ4n) is 4.30. The van der Waals surface area contributed by atoms with E-state index < -0.39 is 0 Å². The third-order valence-electron chi connectivity index (χ3n) is 6.30. The lowest BCUT2D eigenvalue weighted by molar-refractivity contribution is 0.415. The first-order valence-corrected chi connectivity index (χ1v) is 12.3. The van der Waals surface area contributed by atoms with Crippen molar-refractivity contribution in [3.8, 4) is 17.0 Å². The molecule has 0 aliphatic carbocycles. The minimum Gasteiger partial charge on any atom is -0.497 e. The van der Waals surface area contributed by atoms with Gasteiger partial charge in [-0.2, -0.15) is 5.10 Å². The highest BCUT2D eigenvalue weighted by atomic mass is 16.5. The highest BCUT2D eigenvalue weighted by Gasteiger charge is 2.10. The molecule has 0 unspecified atom stereocenters. The molecule has 36 heavy (non-hydrogen) atoms. The van der Waals surface area contributed by atoms with E-state index in [1.165, 1.54) is 16.7 Å². The number of nitrogens with zero attached hydrogens (tertiary/aromatic N) is 3. The number of nitrogen functional groups attached to an aromatic ring is 1. The van der Waals surface area contributed by atoms with Gasteiger partial charge in [0.25, 0.3) is 0 Å². The average molecular weight is 478 g/mol. The first-order chi connectivity index (χ1) is 17.7. The first-order valence-electron chi connectivity index (χ1n) is 12.3. The number of fused-ring (bicyclic) bond motifs is 1. The molecule has 6 heteroatoms. The second-order valence-electron chi connectivity index (χ2n) is 8.95. The Kier molecular flexibility index (Phi) is 7.24. The molecule has 3 aromatic carbocycles. The van der Waals surface area contributed by atoms with Crippen LogP contribution in [0.2, 0.25) is 0 Å². The fraction of sp³-hybridized carbons (Fsp3) is 0.200. The fourth-order valence-corrected chi connectivity index (χ4v) is 4.30. The van der Waals surface area contributed by atoms with Crippen molar-refractivity contribution in [2.45, 2.75) is 25.8 Å². The number of methoxy groups -OCH3 is 1. The van der Waals surface area contributed by atoms with E-state index in [0.717, 1.165) is 60.1 Å². The SMILES string of the molecule is COc1ccc(-c2cccc3nc(Cc4ccc(CCCNCc5ccc(N)cc5)cc4)nn23)cc1. The second kappa shape index (κ2) is 11.1. The van der Waals surface area contributed by atoms with Crippen molar-refractivity contribution in [3.63, 3.8) is 0 Å². The predicted octanol–water partition coefficient (Wildman–Crippen LogP) is 5.30. The Morgan fingerprint density at radius 1 is 0.833 bits per heavy atom. The highest BCUT2D eigenvalue weighted by molar-refractivity contribution is 5.63. The summed E-state index contributed by atoms with van der Waals surface area (Å²) in [6, 6.07) is 30.9. The van der Waals surface area contributed by atoms with E-state index in [2.05, 4.69) is 47.8 Å². The van der Waals surface area contributed by atoms with Gasteiger partial charge < -0.3 is 15.8 Å². The number of benzene rings is 3. The number of nitrogens with one attached hydrogen (secondary N) is 1. The van der Waals surface area contributed by atoms with Crippen LogP contribution in [0.15, 0.2) is 91.0 Å². The molecule has 5 rings (SSSR count). The number of ether oxygens (including phenoxy) is 1. The van der Waals surface area contributed by atoms with Gasteiger partial charge >= 0.3 is 0 Å². The van der Waals surface area contributed by atoms with Crippen molar-refractivity contribution >= 4 is 11.3 Å². The second-order valence-corrected chi connectivity index (χ2v) is 8.95. The molecule has 0 atom stereocenters. The van der Waals surface area contributed by atoms with Gasteiger partial charge in [0.15, 0.2) is 11.5 Å². The third-order valence-corrected chi connectivity index (χ3v) is 6.30. The first kappa shape index (κ1) is 23.6. The van der Waals surface area contributed by atoms with Crippen LogP contribution in [0.3, 0.4) is 0 Å². The van der Waals surface area contributed by atoms with E-state index in [1.807, 2.05) is 53.0 Å². The standard InChI is InChI=1S/C30H31N5O/c1-36-27-17-13-25(14-18-27)28-5-2-6-30-33-29(34-35(28)30)20-23-9-7-22(8-10-23)4-3-19-32-21-24-11-15-26(31)16-12-24/h2,5-18,32H,3-4,19-21,31H2,1H3. The van der Waals surface area contributed by atoms with Crippen LogP contribution in [0.5, 0.6) is 5.75 Å². The van der Waals surface area contributed by atoms with Crippen molar-refractivity contribution in [1.82, 2.24) is 19.9 Å². The quantitative estimate of drug-likeness (QED) is 0.211. The third kappa shape index (κ3) is 5.73. The van der Waals surface area contributed by atoms with Crippen LogP contribution in [0.25, 0.3) is 16.9 Å². The van der Waals surface area contributed by atoms with Gasteiger partial charge in [-0.1, -0.05) is 42.5 Å². The maximum absolute atomic E-state index is 5.74. The van der Waals surface area contributed by atoms with Gasteiger partial charge in [0.05, 0.1) is 12.8 Å². The molecular weight excluding hydrogens is 446 g/mol. The van der Waals surface area contributed by atoms with E-state index in [0.29, 0.717) is 6.42 Å². The lowest BCUT2D eigenvalue weighted by Gasteiger charge is -2.06. The van der Waals surface area contributed by atoms with Gasteiger partial charge in [-0.3, -0.25) is 0 Å². The molecule has 0 aliphatic rings. The Morgan fingerprint density at radius 2 is 1.56 bits per heavy atom. The maximum Gasteiger partial charge on any atom is 0.156 e. The summed E-state index contributed by atoms with van der Waals surface area (Å²) >= 11 is 0. The molecule has 0 saturated heterocycles. The summed E-state index contributed by atoms with van der Waals surface area (Å²) in [7, 11) is 1.67. The molecule has 182 valence electrons. The Bertz CT molecular complexity index is 1410. The molecular formula is C30H31N5O. The number of aromatic nitrogens is 3. The summed E-state index contributed by atoms with van der Waals surface area (Å²) in [6.07, 6.45) is 2.84. The van der Waals surface area contributed by atoms with Crippen LogP contribution < -0.4 is 15.8 Å². The Balaban J connectivity index is 1.16. The Hall–Kier alpha value is -4.16. The van der Waals surface area contributed by atoms with Crippen LogP contribution in [0.4, 0.5) is 5.69 Å². The number of pyridine rings is 1. The molecule has 0 amide bonds. The monoisotopic (exact) mass is 477 g/mol. The number of hydrogen-bond donors (Lipinski definition) is 2. The van der Waals surface area contributed by atoms with Crippen molar-refractivity contribution in [2.75, 3.05) is 19.4 Å². The molecule has 0 saturated carbocycles. The van der Waals surface area contributed by atoms with Gasteiger partial charge in [-0.15, -0.1) is 0 Å². The summed E-state index contributed by atoms with van der Waals surface area (Å²) in [5, 5.41) is 8.31. The summed E-state index contributed by atoms with van der Waals surface area (Å²) < 4.78 is 7.20. The number of aryl methyl sites for hydroxylation is 1. The molecule has 3 N–H and O–H groups in total. The topological polar surface area (TPSA) is 77.5 Å². The highest BCUT2D eigenvalue weighted by Crippen LogP contribution is 2.23. The summed E-state index contributed by atoms with van der Waals surface area (Å²) in [6.45, 7) is 1.85. The molecule has 0 fully saturated rings. The predicted molar refractivity (Wildman–Crippen MR) is 145 cm³/mol. The number of hydrogen-bond acceptors (Lipinski definition) is 5. The van der Waals surface area contributed by atoms with E-state index in [1.54, 1.807) is 7.11 Å². The van der Waals surface area contributed by atoms with Crippen LogP contribution in [-0.4, -0.2) is 28.3 Å².